The Morgan fingerprint density at radius 3 is 1.95 bits per heavy atom. The summed E-state index contributed by atoms with van der Waals surface area (Å²) >= 11 is 0. The minimum atomic E-state index is 0.388. The third-order valence-electron chi connectivity index (χ3n) is 5.94. The molecule has 0 amide bonds. The summed E-state index contributed by atoms with van der Waals surface area (Å²) in [5.74, 6) is 0.941. The van der Waals surface area contributed by atoms with Crippen LogP contribution in [0.3, 0.4) is 0 Å². The van der Waals surface area contributed by atoms with Crippen LogP contribution < -0.4 is 5.32 Å². The Bertz CT molecular complexity index is 276. The summed E-state index contributed by atoms with van der Waals surface area (Å²) < 4.78 is 0. The Labute approximate surface area is 120 Å². The molecule has 1 saturated carbocycles. The number of piperidine rings is 1. The molecule has 1 saturated heterocycles. The lowest BCUT2D eigenvalue weighted by molar-refractivity contribution is 0.0608. The van der Waals surface area contributed by atoms with Gasteiger partial charge in [0.15, 0.2) is 0 Å². The van der Waals surface area contributed by atoms with E-state index in [4.69, 9.17) is 0 Å². The molecule has 2 nitrogen and oxygen atoms in total. The maximum atomic E-state index is 3.50. The summed E-state index contributed by atoms with van der Waals surface area (Å²) in [4.78, 5) is 2.78. The first-order valence-electron chi connectivity index (χ1n) is 8.27. The molecule has 0 atom stereocenters. The van der Waals surface area contributed by atoms with Gasteiger partial charge in [0.25, 0.3) is 0 Å². The zero-order valence-electron chi connectivity index (χ0n) is 13.8. The lowest BCUT2D eigenvalue weighted by Gasteiger charge is -2.46. The van der Waals surface area contributed by atoms with Crippen molar-refractivity contribution in [3.8, 4) is 0 Å². The molecule has 0 spiro atoms. The summed E-state index contributed by atoms with van der Waals surface area (Å²) in [5.41, 5.74) is 0.899. The van der Waals surface area contributed by atoms with E-state index in [1.165, 1.54) is 51.6 Å². The monoisotopic (exact) mass is 266 g/mol. The van der Waals surface area contributed by atoms with E-state index >= 15 is 0 Å². The van der Waals surface area contributed by atoms with Gasteiger partial charge in [-0.25, -0.2) is 0 Å². The van der Waals surface area contributed by atoms with Crippen molar-refractivity contribution in [1.29, 1.82) is 0 Å². The highest BCUT2D eigenvalue weighted by molar-refractivity contribution is 4.92. The van der Waals surface area contributed by atoms with Crippen LogP contribution in [0.25, 0.3) is 0 Å². The number of nitrogens with zero attached hydrogens (tertiary/aromatic N) is 1. The quantitative estimate of drug-likeness (QED) is 0.820. The van der Waals surface area contributed by atoms with Crippen molar-refractivity contribution in [2.75, 3.05) is 20.1 Å². The number of likely N-dealkylation sites (tertiary alicyclic amines) is 1. The Balaban J connectivity index is 1.80. The average molecular weight is 266 g/mol. The molecule has 19 heavy (non-hydrogen) atoms. The molecule has 2 fully saturated rings. The van der Waals surface area contributed by atoms with Crippen LogP contribution in [0.2, 0.25) is 0 Å². The second-order valence-corrected chi connectivity index (χ2v) is 8.22. The summed E-state index contributed by atoms with van der Waals surface area (Å²) in [5, 5.41) is 3.50. The normalized spacial score (nSPS) is 33.3. The molecule has 0 unspecified atom stereocenters. The largest absolute Gasteiger partial charge is 0.314 e. The van der Waals surface area contributed by atoms with Crippen LogP contribution in [0.4, 0.5) is 0 Å². The van der Waals surface area contributed by atoms with Gasteiger partial charge in [-0.2, -0.15) is 0 Å². The van der Waals surface area contributed by atoms with Gasteiger partial charge in [0.1, 0.15) is 0 Å². The lowest BCUT2D eigenvalue weighted by Crippen LogP contribution is -2.53. The van der Waals surface area contributed by atoms with Gasteiger partial charge < -0.3 is 10.2 Å². The third kappa shape index (κ3) is 3.72. The summed E-state index contributed by atoms with van der Waals surface area (Å²) in [7, 11) is 2.12. The van der Waals surface area contributed by atoms with Crippen molar-refractivity contribution in [3.05, 3.63) is 0 Å². The fourth-order valence-corrected chi connectivity index (χ4v) is 3.94. The van der Waals surface area contributed by atoms with Gasteiger partial charge >= 0.3 is 0 Å². The van der Waals surface area contributed by atoms with Crippen LogP contribution in [0, 0.1) is 11.3 Å². The van der Waals surface area contributed by atoms with Crippen molar-refractivity contribution in [2.45, 2.75) is 77.8 Å². The van der Waals surface area contributed by atoms with Gasteiger partial charge in [-0.3, -0.25) is 0 Å². The van der Waals surface area contributed by atoms with Gasteiger partial charge in [0, 0.05) is 24.7 Å². The van der Waals surface area contributed by atoms with Gasteiger partial charge in [-0.1, -0.05) is 20.8 Å². The van der Waals surface area contributed by atoms with Gasteiger partial charge in [0.05, 0.1) is 0 Å². The zero-order chi connectivity index (χ0) is 14.1. The second kappa shape index (κ2) is 5.73. The van der Waals surface area contributed by atoms with Gasteiger partial charge in [-0.05, 0) is 63.8 Å². The smallest absolute Gasteiger partial charge is 0.0174 e. The molecule has 1 aliphatic carbocycles. The molecular formula is C17H34N2. The van der Waals surface area contributed by atoms with E-state index in [0.717, 1.165) is 12.0 Å². The van der Waals surface area contributed by atoms with Crippen molar-refractivity contribution in [3.63, 3.8) is 0 Å². The Kier molecular flexibility index (Phi) is 4.62. The van der Waals surface area contributed by atoms with Crippen molar-refractivity contribution in [2.24, 2.45) is 11.3 Å². The molecule has 1 aliphatic heterocycles. The number of hydrogen-bond donors (Lipinski definition) is 1. The zero-order valence-corrected chi connectivity index (χ0v) is 13.8. The van der Waals surface area contributed by atoms with Crippen LogP contribution in [-0.4, -0.2) is 36.6 Å². The van der Waals surface area contributed by atoms with Crippen LogP contribution in [0.1, 0.15) is 66.2 Å². The Hall–Kier alpha value is -0.0800. The van der Waals surface area contributed by atoms with Crippen LogP contribution >= 0.6 is 0 Å². The first kappa shape index (κ1) is 15.3. The molecule has 0 bridgehead atoms. The van der Waals surface area contributed by atoms with E-state index in [1.54, 1.807) is 0 Å². The van der Waals surface area contributed by atoms with Gasteiger partial charge in [-0.15, -0.1) is 0 Å². The van der Waals surface area contributed by atoms with Crippen molar-refractivity contribution >= 4 is 0 Å². The number of rotatable bonds is 2. The highest BCUT2D eigenvalue weighted by Gasteiger charge is 2.35. The minimum absolute atomic E-state index is 0.388. The van der Waals surface area contributed by atoms with E-state index in [0.29, 0.717) is 11.0 Å². The standard InChI is InChI=1S/C17H34N2/c1-16(2,3)14-6-8-15(9-7-14)19-12-10-17(4,18-5)11-13-19/h14-15,18H,6-13H2,1-5H3. The highest BCUT2D eigenvalue weighted by atomic mass is 15.2. The van der Waals surface area contributed by atoms with E-state index in [2.05, 4.69) is 45.0 Å². The number of hydrogen-bond acceptors (Lipinski definition) is 2. The molecule has 2 heteroatoms. The highest BCUT2D eigenvalue weighted by Crippen LogP contribution is 2.39. The van der Waals surface area contributed by atoms with E-state index < -0.39 is 0 Å². The van der Waals surface area contributed by atoms with E-state index in [-0.39, 0.29) is 0 Å². The molecule has 0 aromatic rings. The Morgan fingerprint density at radius 1 is 1.00 bits per heavy atom. The van der Waals surface area contributed by atoms with E-state index in [1.807, 2.05) is 0 Å². The van der Waals surface area contributed by atoms with Crippen molar-refractivity contribution < 1.29 is 0 Å². The molecule has 0 aromatic heterocycles. The SMILES string of the molecule is CNC1(C)CCN(C2CCC(C(C)(C)C)CC2)CC1. The van der Waals surface area contributed by atoms with Gasteiger partial charge in [0.2, 0.25) is 0 Å². The van der Waals surface area contributed by atoms with E-state index in [9.17, 15) is 0 Å². The predicted octanol–water partition coefficient (Wildman–Crippen LogP) is 3.67. The molecule has 0 aromatic carbocycles. The molecule has 2 rings (SSSR count). The minimum Gasteiger partial charge on any atom is -0.314 e. The van der Waals surface area contributed by atoms with Crippen LogP contribution in [0.15, 0.2) is 0 Å². The maximum Gasteiger partial charge on any atom is 0.0174 e. The fraction of sp³-hybridized carbons (Fsp3) is 1.00. The predicted molar refractivity (Wildman–Crippen MR) is 83.5 cm³/mol. The molecule has 112 valence electrons. The fourth-order valence-electron chi connectivity index (χ4n) is 3.94. The average Bonchev–Trinajstić information content (AvgIpc) is 2.39. The first-order chi connectivity index (χ1) is 8.84. The Morgan fingerprint density at radius 2 is 1.53 bits per heavy atom. The summed E-state index contributed by atoms with van der Waals surface area (Å²) in [6.45, 7) is 12.2. The molecule has 0 radical (unpaired) electrons. The molecular weight excluding hydrogens is 232 g/mol. The lowest BCUT2D eigenvalue weighted by atomic mass is 9.71. The van der Waals surface area contributed by atoms with Crippen molar-refractivity contribution in [1.82, 2.24) is 10.2 Å². The number of nitrogens with one attached hydrogen (secondary N) is 1. The third-order valence-corrected chi connectivity index (χ3v) is 5.94. The molecule has 1 N–H and O–H groups in total. The topological polar surface area (TPSA) is 15.3 Å². The molecule has 2 aliphatic rings. The summed E-state index contributed by atoms with van der Waals surface area (Å²) in [6.07, 6.45) is 8.35. The molecule has 1 heterocycles. The second-order valence-electron chi connectivity index (χ2n) is 8.22. The maximum absolute atomic E-state index is 3.50. The van der Waals surface area contributed by atoms with Crippen LogP contribution in [0.5, 0.6) is 0 Å². The van der Waals surface area contributed by atoms with Crippen LogP contribution in [-0.2, 0) is 0 Å². The summed E-state index contributed by atoms with van der Waals surface area (Å²) in [6, 6.07) is 0.875. The first-order valence-corrected chi connectivity index (χ1v) is 8.27.